The van der Waals surface area contributed by atoms with Gasteiger partial charge in [0.25, 0.3) is 5.91 Å². The Labute approximate surface area is 200 Å². The van der Waals surface area contributed by atoms with Gasteiger partial charge >= 0.3 is 0 Å². The molecule has 2 aromatic rings. The summed E-state index contributed by atoms with van der Waals surface area (Å²) < 4.78 is 5.31. The highest BCUT2D eigenvalue weighted by Gasteiger charge is 2.33. The van der Waals surface area contributed by atoms with E-state index in [0.717, 1.165) is 5.56 Å². The van der Waals surface area contributed by atoms with Gasteiger partial charge in [-0.1, -0.05) is 64.8 Å². The number of benzene rings is 2. The molecule has 2 aliphatic rings. The van der Waals surface area contributed by atoms with Gasteiger partial charge < -0.3 is 9.64 Å². The van der Waals surface area contributed by atoms with Gasteiger partial charge in [0.2, 0.25) is 5.91 Å². The molecule has 0 radical (unpaired) electrons. The first kappa shape index (κ1) is 22.9. The van der Waals surface area contributed by atoms with Crippen LogP contribution < -0.4 is 4.90 Å². The van der Waals surface area contributed by atoms with Crippen LogP contribution in [-0.2, 0) is 14.3 Å². The summed E-state index contributed by atoms with van der Waals surface area (Å²) in [4.78, 5) is 33.8. The molecular weight excluding hydrogens is 469 g/mol. The molecule has 4 rings (SSSR count). The van der Waals surface area contributed by atoms with Crippen molar-refractivity contribution >= 4 is 63.7 Å². The van der Waals surface area contributed by atoms with Crippen molar-refractivity contribution in [3.63, 3.8) is 0 Å². The summed E-state index contributed by atoms with van der Waals surface area (Å²) >= 11 is 13.7. The number of ether oxygens (including phenoxy) is 1. The largest absolute Gasteiger partial charge is 0.378 e. The van der Waals surface area contributed by atoms with Gasteiger partial charge in [-0.3, -0.25) is 14.5 Å². The van der Waals surface area contributed by atoms with E-state index in [-0.39, 0.29) is 23.3 Å². The molecule has 2 aliphatic heterocycles. The molecule has 1 fully saturated rings. The number of amidine groups is 1. The third-order valence-corrected chi connectivity index (χ3v) is 6.84. The van der Waals surface area contributed by atoms with Crippen molar-refractivity contribution in [1.29, 1.82) is 0 Å². The quantitative estimate of drug-likeness (QED) is 0.586. The summed E-state index contributed by atoms with van der Waals surface area (Å²) in [6.45, 7) is 4.21. The van der Waals surface area contributed by atoms with Crippen molar-refractivity contribution in [2.45, 2.75) is 6.92 Å². The van der Waals surface area contributed by atoms with Gasteiger partial charge in [0, 0.05) is 13.1 Å². The first-order valence-corrected chi connectivity index (χ1v) is 11.8. The third kappa shape index (κ3) is 5.02. The van der Waals surface area contributed by atoms with Crippen LogP contribution in [0.3, 0.4) is 0 Å². The van der Waals surface area contributed by atoms with E-state index < -0.39 is 0 Å². The SMILES string of the molecule is Cc1ccc(N2C(=O)C(=Cc3cccc(Cl)c3Cl)N=C2SCC(=O)N2CCOCC2)cc1. The molecule has 0 spiro atoms. The van der Waals surface area contributed by atoms with Crippen LogP contribution in [0.4, 0.5) is 5.69 Å². The van der Waals surface area contributed by atoms with Gasteiger partial charge in [0.15, 0.2) is 5.17 Å². The number of amides is 2. The lowest BCUT2D eigenvalue weighted by Crippen LogP contribution is -2.42. The van der Waals surface area contributed by atoms with Crippen LogP contribution >= 0.6 is 35.0 Å². The first-order valence-electron chi connectivity index (χ1n) is 10.1. The molecule has 0 aromatic heterocycles. The first-order chi connectivity index (χ1) is 15.4. The van der Waals surface area contributed by atoms with Gasteiger partial charge in [0.1, 0.15) is 5.70 Å². The summed E-state index contributed by atoms with van der Waals surface area (Å²) in [5, 5.41) is 1.21. The topological polar surface area (TPSA) is 62.2 Å². The summed E-state index contributed by atoms with van der Waals surface area (Å²) in [6.07, 6.45) is 1.62. The zero-order valence-corrected chi connectivity index (χ0v) is 19.7. The molecule has 1 saturated heterocycles. The molecule has 0 N–H and O–H groups in total. The minimum Gasteiger partial charge on any atom is -0.378 e. The molecule has 2 aromatic carbocycles. The monoisotopic (exact) mass is 489 g/mol. The number of hydrogen-bond donors (Lipinski definition) is 0. The number of carbonyl (C=O) groups excluding carboxylic acids is 2. The van der Waals surface area contributed by atoms with E-state index in [2.05, 4.69) is 4.99 Å². The fraction of sp³-hybridized carbons (Fsp3) is 0.261. The van der Waals surface area contributed by atoms with Gasteiger partial charge in [0.05, 0.1) is 34.7 Å². The lowest BCUT2D eigenvalue weighted by Gasteiger charge is -2.27. The Morgan fingerprint density at radius 3 is 2.59 bits per heavy atom. The van der Waals surface area contributed by atoms with E-state index in [1.807, 2.05) is 31.2 Å². The number of anilines is 1. The Bertz CT molecular complexity index is 1100. The number of morpholine rings is 1. The Morgan fingerprint density at radius 1 is 1.16 bits per heavy atom. The molecular formula is C23H21Cl2N3O3S. The lowest BCUT2D eigenvalue weighted by molar-refractivity contribution is -0.132. The van der Waals surface area contributed by atoms with Crippen molar-refractivity contribution in [2.24, 2.45) is 4.99 Å². The van der Waals surface area contributed by atoms with Crippen molar-refractivity contribution in [2.75, 3.05) is 37.0 Å². The predicted octanol–water partition coefficient (Wildman–Crippen LogP) is 4.64. The van der Waals surface area contributed by atoms with Gasteiger partial charge in [-0.2, -0.15) is 0 Å². The predicted molar refractivity (Wildman–Crippen MR) is 130 cm³/mol. The Hall–Kier alpha value is -2.32. The smallest absolute Gasteiger partial charge is 0.283 e. The molecule has 6 nitrogen and oxygen atoms in total. The molecule has 166 valence electrons. The number of hydrogen-bond acceptors (Lipinski definition) is 5. The van der Waals surface area contributed by atoms with Crippen LogP contribution in [0.15, 0.2) is 53.2 Å². The maximum Gasteiger partial charge on any atom is 0.283 e. The molecule has 32 heavy (non-hydrogen) atoms. The minimum atomic E-state index is -0.286. The standard InChI is InChI=1S/C23H21Cl2N3O3S/c1-15-5-7-17(8-6-15)28-22(30)19(13-16-3-2-4-18(24)21(16)25)26-23(28)32-14-20(29)27-9-11-31-12-10-27/h2-8,13H,9-12,14H2,1H3. The number of nitrogens with zero attached hydrogens (tertiary/aromatic N) is 3. The second-order valence-corrected chi connectivity index (χ2v) is 9.05. The van der Waals surface area contributed by atoms with Gasteiger partial charge in [-0.15, -0.1) is 0 Å². The summed E-state index contributed by atoms with van der Waals surface area (Å²) in [6, 6.07) is 12.8. The Kier molecular flexibility index (Phi) is 7.20. The second-order valence-electron chi connectivity index (χ2n) is 7.32. The van der Waals surface area contributed by atoms with Crippen molar-refractivity contribution in [3.8, 4) is 0 Å². The summed E-state index contributed by atoms with van der Waals surface area (Å²) in [7, 11) is 0. The zero-order chi connectivity index (χ0) is 22.7. The molecule has 0 atom stereocenters. The van der Waals surface area contributed by atoms with E-state index in [1.165, 1.54) is 16.7 Å². The van der Waals surface area contributed by atoms with Crippen LogP contribution in [0.1, 0.15) is 11.1 Å². The van der Waals surface area contributed by atoms with E-state index in [9.17, 15) is 9.59 Å². The van der Waals surface area contributed by atoms with Crippen LogP contribution in [0.5, 0.6) is 0 Å². The Balaban J connectivity index is 1.62. The molecule has 2 heterocycles. The zero-order valence-electron chi connectivity index (χ0n) is 17.4. The normalized spacial score (nSPS) is 17.8. The number of thioether (sulfide) groups is 1. The van der Waals surface area contributed by atoms with E-state index in [1.54, 1.807) is 29.2 Å². The second kappa shape index (κ2) is 10.1. The number of carbonyl (C=O) groups is 2. The van der Waals surface area contributed by atoms with Gasteiger partial charge in [-0.05, 0) is 36.8 Å². The number of aryl methyl sites for hydroxylation is 1. The van der Waals surface area contributed by atoms with Crippen LogP contribution in [0.25, 0.3) is 6.08 Å². The van der Waals surface area contributed by atoms with Gasteiger partial charge in [-0.25, -0.2) is 4.99 Å². The van der Waals surface area contributed by atoms with Crippen LogP contribution in [0, 0.1) is 6.92 Å². The third-order valence-electron chi connectivity index (χ3n) is 5.08. The number of halogens is 2. The van der Waals surface area contributed by atoms with Crippen molar-refractivity contribution in [1.82, 2.24) is 4.90 Å². The molecule has 9 heteroatoms. The fourth-order valence-electron chi connectivity index (χ4n) is 3.32. The molecule has 2 amide bonds. The summed E-state index contributed by atoms with van der Waals surface area (Å²) in [5.41, 5.74) is 2.60. The van der Waals surface area contributed by atoms with Crippen molar-refractivity contribution < 1.29 is 14.3 Å². The summed E-state index contributed by atoms with van der Waals surface area (Å²) in [5.74, 6) is -0.113. The average Bonchev–Trinajstić information content (AvgIpc) is 3.11. The van der Waals surface area contributed by atoms with E-state index in [4.69, 9.17) is 27.9 Å². The van der Waals surface area contributed by atoms with E-state index >= 15 is 0 Å². The Morgan fingerprint density at radius 2 is 1.88 bits per heavy atom. The number of aliphatic imine (C=N–C) groups is 1. The minimum absolute atomic E-state index is 0.00683. The molecule has 0 saturated carbocycles. The van der Waals surface area contributed by atoms with Crippen LogP contribution in [-0.4, -0.2) is 53.9 Å². The highest BCUT2D eigenvalue weighted by Crippen LogP contribution is 2.32. The maximum atomic E-state index is 13.3. The molecule has 0 unspecified atom stereocenters. The highest BCUT2D eigenvalue weighted by molar-refractivity contribution is 8.14. The highest BCUT2D eigenvalue weighted by atomic mass is 35.5. The number of rotatable bonds is 4. The van der Waals surface area contributed by atoms with Crippen molar-refractivity contribution in [3.05, 3.63) is 69.3 Å². The molecule has 0 aliphatic carbocycles. The maximum absolute atomic E-state index is 13.3. The molecule has 0 bridgehead atoms. The fourth-order valence-corrected chi connectivity index (χ4v) is 4.60. The van der Waals surface area contributed by atoms with E-state index in [0.29, 0.717) is 52.8 Å². The lowest BCUT2D eigenvalue weighted by atomic mass is 10.2. The van der Waals surface area contributed by atoms with Crippen LogP contribution in [0.2, 0.25) is 10.0 Å². The average molecular weight is 490 g/mol.